The third-order valence-corrected chi connectivity index (χ3v) is 11.5. The van der Waals surface area contributed by atoms with Crippen LogP contribution in [0.5, 0.6) is 0 Å². The average Bonchev–Trinajstić information content (AvgIpc) is 3.71. The molecule has 1 aliphatic carbocycles. The third kappa shape index (κ3) is 4.68. The normalized spacial score (nSPS) is 24.4. The number of para-hydroxylation sites is 1. The molecule has 3 aliphatic rings. The van der Waals surface area contributed by atoms with Crippen LogP contribution in [0.4, 0.5) is 0 Å². The van der Waals surface area contributed by atoms with Crippen LogP contribution in [0.3, 0.4) is 0 Å². The highest BCUT2D eigenvalue weighted by Crippen LogP contribution is 2.55. The van der Waals surface area contributed by atoms with E-state index in [0.717, 1.165) is 22.9 Å². The summed E-state index contributed by atoms with van der Waals surface area (Å²) in [5.41, 5.74) is 6.92. The number of carbonyl (C=O) groups excluding carboxylic acids is 1. The van der Waals surface area contributed by atoms with Gasteiger partial charge >= 0.3 is 5.97 Å². The zero-order valence-electron chi connectivity index (χ0n) is 26.4. The summed E-state index contributed by atoms with van der Waals surface area (Å²) >= 11 is 0. The highest BCUT2D eigenvalue weighted by molar-refractivity contribution is 7.90. The first-order valence-corrected chi connectivity index (χ1v) is 17.4. The summed E-state index contributed by atoms with van der Waals surface area (Å²) in [6.07, 6.45) is 4.86. The fourth-order valence-electron chi connectivity index (χ4n) is 7.77. The first kappa shape index (κ1) is 30.0. The number of benzene rings is 3. The minimum atomic E-state index is -3.91. The van der Waals surface area contributed by atoms with Crippen molar-refractivity contribution in [1.29, 1.82) is 0 Å². The van der Waals surface area contributed by atoms with Gasteiger partial charge in [-0.25, -0.2) is 17.2 Å². The van der Waals surface area contributed by atoms with Gasteiger partial charge < -0.3 is 9.47 Å². The predicted octanol–water partition coefficient (Wildman–Crippen LogP) is 7.20. The molecule has 2 aliphatic heterocycles. The standard InChI is InChI=1S/C37H40N2O5S/c1-6-26-29(37(40)43-7-2)20-32(39-35-33(44-36(26)39)19-24-11-10-13-27(22(3)4)34(24)35)30-21-38(31-14-9-8-12-28(30)31)45(41,42)25-17-15-23(5)16-18-25/h8-18,20-22,26,32-33,35-36H,6-7,19H2,1-5H3/t26-,32+,33+,35+,36+/m0/s1. The lowest BCUT2D eigenvalue weighted by Gasteiger charge is -2.42. The van der Waals surface area contributed by atoms with Gasteiger partial charge in [0.2, 0.25) is 0 Å². The van der Waals surface area contributed by atoms with Crippen molar-refractivity contribution in [1.82, 2.24) is 8.87 Å². The highest BCUT2D eigenvalue weighted by atomic mass is 32.2. The van der Waals surface area contributed by atoms with Crippen LogP contribution < -0.4 is 0 Å². The Morgan fingerprint density at radius 2 is 1.78 bits per heavy atom. The molecule has 1 aromatic heterocycles. The lowest BCUT2D eigenvalue weighted by Crippen LogP contribution is -2.45. The lowest BCUT2D eigenvalue weighted by molar-refractivity contribution is -0.141. The fraction of sp³-hybridized carbons (Fsp3) is 0.378. The predicted molar refractivity (Wildman–Crippen MR) is 174 cm³/mol. The molecule has 3 heterocycles. The largest absolute Gasteiger partial charge is 0.463 e. The average molecular weight is 625 g/mol. The molecule has 0 bridgehead atoms. The lowest BCUT2D eigenvalue weighted by atomic mass is 9.83. The van der Waals surface area contributed by atoms with Crippen LogP contribution in [0, 0.1) is 12.8 Å². The number of rotatable bonds is 7. The van der Waals surface area contributed by atoms with Gasteiger partial charge in [0.1, 0.15) is 6.23 Å². The van der Waals surface area contributed by atoms with E-state index < -0.39 is 16.1 Å². The second kappa shape index (κ2) is 11.3. The number of aryl methyl sites for hydroxylation is 1. The summed E-state index contributed by atoms with van der Waals surface area (Å²) in [6, 6.07) is 20.7. The number of aromatic nitrogens is 1. The molecule has 234 valence electrons. The maximum Gasteiger partial charge on any atom is 0.334 e. The SMILES string of the molecule is CCOC(=O)C1=C[C@H](c2cn(S(=O)(=O)c3ccc(C)cc3)c3ccccc23)N2[C@H](O[C@@H]3Cc4cccc(C(C)C)c4[C@@H]32)[C@H]1CC. The number of hydrogen-bond acceptors (Lipinski definition) is 6. The number of fused-ring (bicyclic) bond motifs is 6. The second-order valence-electron chi connectivity index (χ2n) is 12.8. The molecular weight excluding hydrogens is 584 g/mol. The van der Waals surface area contributed by atoms with Gasteiger partial charge in [-0.2, -0.15) is 0 Å². The van der Waals surface area contributed by atoms with E-state index in [1.807, 2.05) is 56.3 Å². The van der Waals surface area contributed by atoms with Gasteiger partial charge in [-0.3, -0.25) is 4.90 Å². The van der Waals surface area contributed by atoms with Crippen LogP contribution in [0.15, 0.2) is 89.5 Å². The topological polar surface area (TPSA) is 77.8 Å². The Morgan fingerprint density at radius 3 is 2.49 bits per heavy atom. The van der Waals surface area contributed by atoms with Crippen LogP contribution in [-0.2, 0) is 30.7 Å². The van der Waals surface area contributed by atoms with Crippen LogP contribution in [0.1, 0.15) is 79.9 Å². The summed E-state index contributed by atoms with van der Waals surface area (Å²) in [5, 5.41) is 0.824. The number of esters is 1. The van der Waals surface area contributed by atoms with Gasteiger partial charge in [0.15, 0.2) is 0 Å². The third-order valence-electron chi connectivity index (χ3n) is 9.81. The number of ether oxygens (including phenoxy) is 2. The van der Waals surface area contributed by atoms with Crippen molar-refractivity contribution in [2.24, 2.45) is 5.92 Å². The van der Waals surface area contributed by atoms with E-state index in [9.17, 15) is 13.2 Å². The summed E-state index contributed by atoms with van der Waals surface area (Å²) in [4.78, 5) is 16.1. The second-order valence-corrected chi connectivity index (χ2v) is 14.6. The van der Waals surface area contributed by atoms with Crippen molar-refractivity contribution in [2.45, 2.75) is 82.7 Å². The summed E-state index contributed by atoms with van der Waals surface area (Å²) in [6.45, 7) is 10.6. The van der Waals surface area contributed by atoms with Crippen molar-refractivity contribution < 1.29 is 22.7 Å². The number of carbonyl (C=O) groups is 1. The van der Waals surface area contributed by atoms with E-state index in [2.05, 4.69) is 43.9 Å². The van der Waals surface area contributed by atoms with Crippen molar-refractivity contribution in [3.63, 3.8) is 0 Å². The maximum atomic E-state index is 14.1. The summed E-state index contributed by atoms with van der Waals surface area (Å²) < 4.78 is 42.2. The molecule has 7 rings (SSSR count). The molecule has 0 saturated carbocycles. The van der Waals surface area contributed by atoms with E-state index in [1.54, 1.807) is 18.3 Å². The Bertz CT molecular complexity index is 1920. The molecule has 1 fully saturated rings. The van der Waals surface area contributed by atoms with Crippen molar-refractivity contribution >= 4 is 26.9 Å². The van der Waals surface area contributed by atoms with Gasteiger partial charge in [0, 0.05) is 35.1 Å². The molecule has 8 heteroatoms. The van der Waals surface area contributed by atoms with Crippen molar-refractivity contribution in [2.75, 3.05) is 6.61 Å². The molecule has 45 heavy (non-hydrogen) atoms. The van der Waals surface area contributed by atoms with E-state index in [0.29, 0.717) is 23.4 Å². The summed E-state index contributed by atoms with van der Waals surface area (Å²) in [5.74, 6) is -0.186. The van der Waals surface area contributed by atoms with Crippen molar-refractivity contribution in [3.8, 4) is 0 Å². The van der Waals surface area contributed by atoms with E-state index in [-0.39, 0.29) is 41.8 Å². The van der Waals surface area contributed by atoms with Gasteiger partial charge in [-0.05, 0) is 61.1 Å². The molecule has 0 N–H and O–H groups in total. The zero-order valence-corrected chi connectivity index (χ0v) is 27.3. The van der Waals surface area contributed by atoms with Gasteiger partial charge in [-0.15, -0.1) is 0 Å². The van der Waals surface area contributed by atoms with E-state index >= 15 is 0 Å². The Hall–Kier alpha value is -3.72. The molecule has 3 aromatic carbocycles. The van der Waals surface area contributed by atoms with Gasteiger partial charge in [0.25, 0.3) is 10.0 Å². The smallest absolute Gasteiger partial charge is 0.334 e. The van der Waals surface area contributed by atoms with Crippen molar-refractivity contribution in [3.05, 3.63) is 112 Å². The quantitative estimate of drug-likeness (QED) is 0.202. The first-order chi connectivity index (χ1) is 21.6. The molecule has 0 spiro atoms. The van der Waals surface area contributed by atoms with Crippen LogP contribution >= 0.6 is 0 Å². The Kier molecular flexibility index (Phi) is 7.50. The molecular formula is C37H40N2O5S. The summed E-state index contributed by atoms with van der Waals surface area (Å²) in [7, 11) is -3.91. The van der Waals surface area contributed by atoms with Crippen LogP contribution in [0.25, 0.3) is 10.9 Å². The number of hydrogen-bond donors (Lipinski definition) is 0. The monoisotopic (exact) mass is 624 g/mol. The molecule has 5 atom stereocenters. The first-order valence-electron chi connectivity index (χ1n) is 16.0. The zero-order chi connectivity index (χ0) is 31.6. The van der Waals surface area contributed by atoms with Crippen LogP contribution in [0.2, 0.25) is 0 Å². The van der Waals surface area contributed by atoms with E-state index in [4.69, 9.17) is 9.47 Å². The van der Waals surface area contributed by atoms with E-state index in [1.165, 1.54) is 20.7 Å². The fourth-order valence-corrected chi connectivity index (χ4v) is 9.14. The Morgan fingerprint density at radius 1 is 1.02 bits per heavy atom. The highest BCUT2D eigenvalue weighted by Gasteiger charge is 2.56. The number of nitrogens with zero attached hydrogens (tertiary/aromatic N) is 2. The Balaban J connectivity index is 1.46. The molecule has 0 unspecified atom stereocenters. The van der Waals surface area contributed by atoms with Gasteiger partial charge in [0.05, 0.1) is 35.2 Å². The molecule has 7 nitrogen and oxygen atoms in total. The molecule has 4 aromatic rings. The molecule has 0 amide bonds. The Labute approximate surface area is 265 Å². The molecule has 1 saturated heterocycles. The maximum absolute atomic E-state index is 14.1. The minimum absolute atomic E-state index is 0.0292. The van der Waals surface area contributed by atoms with Crippen LogP contribution in [-0.4, -0.2) is 42.2 Å². The minimum Gasteiger partial charge on any atom is -0.463 e. The van der Waals surface area contributed by atoms with Gasteiger partial charge in [-0.1, -0.05) is 80.9 Å². The molecule has 0 radical (unpaired) electrons.